The predicted octanol–water partition coefficient (Wildman–Crippen LogP) is 2.91. The molecule has 2 N–H and O–H groups in total. The van der Waals surface area contributed by atoms with Gasteiger partial charge < -0.3 is 20.1 Å². The minimum atomic E-state index is -1.48. The third-order valence-electron chi connectivity index (χ3n) is 5.62. The quantitative estimate of drug-likeness (QED) is 0.382. The molecule has 3 aromatic carbocycles. The fourth-order valence-corrected chi connectivity index (χ4v) is 3.59. The summed E-state index contributed by atoms with van der Waals surface area (Å²) in [6.45, 7) is 0.175. The van der Waals surface area contributed by atoms with Crippen LogP contribution in [-0.4, -0.2) is 59.6 Å². The summed E-state index contributed by atoms with van der Waals surface area (Å²) in [4.78, 5) is 39.7. The Morgan fingerprint density at radius 2 is 1.53 bits per heavy atom. The summed E-state index contributed by atoms with van der Waals surface area (Å²) < 4.78 is 5.15. The second-order valence-electron chi connectivity index (χ2n) is 8.21. The van der Waals surface area contributed by atoms with Gasteiger partial charge >= 0.3 is 12.4 Å². The van der Waals surface area contributed by atoms with E-state index in [-0.39, 0.29) is 26.2 Å². The van der Waals surface area contributed by atoms with Crippen molar-refractivity contribution in [1.29, 1.82) is 0 Å². The molecule has 8 nitrogen and oxygen atoms in total. The SMILES string of the molecule is COc1ccc(CCN([C]=O)C(=O)N(Cc2ccccc2)C[C@H](O)C(=O)NCc2ccccc2)cc1. The van der Waals surface area contributed by atoms with Gasteiger partial charge in [0.2, 0.25) is 0 Å². The van der Waals surface area contributed by atoms with Crippen LogP contribution in [0.1, 0.15) is 16.7 Å². The zero-order valence-electron chi connectivity index (χ0n) is 20.2. The number of nitrogens with one attached hydrogen (secondary N) is 1. The van der Waals surface area contributed by atoms with Crippen LogP contribution in [0.3, 0.4) is 0 Å². The fourth-order valence-electron chi connectivity index (χ4n) is 3.59. The number of rotatable bonds is 12. The van der Waals surface area contributed by atoms with Crippen LogP contribution in [0.25, 0.3) is 0 Å². The molecule has 4 amide bonds. The smallest absolute Gasteiger partial charge is 0.327 e. The fraction of sp³-hybridized carbons (Fsp3) is 0.250. The molecule has 187 valence electrons. The molecule has 0 bridgehead atoms. The summed E-state index contributed by atoms with van der Waals surface area (Å²) in [5.74, 6) is 0.103. The van der Waals surface area contributed by atoms with Gasteiger partial charge in [-0.1, -0.05) is 72.8 Å². The van der Waals surface area contributed by atoms with Crippen LogP contribution in [0.2, 0.25) is 0 Å². The number of hydrogen-bond donors (Lipinski definition) is 2. The van der Waals surface area contributed by atoms with Gasteiger partial charge in [-0.3, -0.25) is 14.5 Å². The average molecular weight is 489 g/mol. The lowest BCUT2D eigenvalue weighted by Crippen LogP contribution is -2.49. The second-order valence-corrected chi connectivity index (χ2v) is 8.21. The van der Waals surface area contributed by atoms with Crippen LogP contribution < -0.4 is 10.1 Å². The number of aliphatic hydroxyl groups excluding tert-OH is 1. The van der Waals surface area contributed by atoms with Crippen LogP contribution >= 0.6 is 0 Å². The van der Waals surface area contributed by atoms with Gasteiger partial charge in [-0.25, -0.2) is 4.79 Å². The third kappa shape index (κ3) is 7.95. The standard InChI is InChI=1S/C28H30N3O5/c1-36-25-14-12-22(13-15-25)16-17-30(21-32)28(35)31(19-24-10-6-3-7-11-24)20-26(33)27(34)29-18-23-8-4-2-5-9-23/h2-15,26,33H,16-20H2,1H3,(H,29,34)/t26-/m0/s1. The van der Waals surface area contributed by atoms with Crippen molar-refractivity contribution < 1.29 is 24.2 Å². The van der Waals surface area contributed by atoms with Gasteiger partial charge in [0.25, 0.3) is 5.91 Å². The molecule has 3 rings (SSSR count). The van der Waals surface area contributed by atoms with Crippen molar-refractivity contribution in [1.82, 2.24) is 15.1 Å². The number of methoxy groups -OCH3 is 1. The first-order valence-electron chi connectivity index (χ1n) is 11.6. The van der Waals surface area contributed by atoms with E-state index in [1.165, 1.54) is 4.90 Å². The van der Waals surface area contributed by atoms with Crippen LogP contribution in [0.4, 0.5) is 4.79 Å². The summed E-state index contributed by atoms with van der Waals surface area (Å²) in [6.07, 6.45) is 0.641. The lowest BCUT2D eigenvalue weighted by Gasteiger charge is -2.28. The Morgan fingerprint density at radius 1 is 0.917 bits per heavy atom. The molecule has 0 fully saturated rings. The second kappa shape index (κ2) is 13.7. The van der Waals surface area contributed by atoms with Crippen LogP contribution in [0.5, 0.6) is 5.75 Å². The van der Waals surface area contributed by atoms with E-state index in [9.17, 15) is 19.5 Å². The number of aliphatic hydroxyl groups is 1. The summed E-state index contributed by atoms with van der Waals surface area (Å²) in [6, 6.07) is 25.1. The molecule has 1 radical (unpaired) electrons. The molecule has 0 aliphatic rings. The third-order valence-corrected chi connectivity index (χ3v) is 5.62. The van der Waals surface area contributed by atoms with Crippen molar-refractivity contribution in [2.24, 2.45) is 0 Å². The topological polar surface area (TPSA) is 99.2 Å². The van der Waals surface area contributed by atoms with Crippen molar-refractivity contribution in [2.45, 2.75) is 25.6 Å². The molecule has 36 heavy (non-hydrogen) atoms. The highest BCUT2D eigenvalue weighted by Gasteiger charge is 2.26. The molecule has 8 heteroatoms. The zero-order valence-corrected chi connectivity index (χ0v) is 20.2. The number of ether oxygens (including phenoxy) is 1. The van der Waals surface area contributed by atoms with E-state index in [1.807, 2.05) is 72.8 Å². The van der Waals surface area contributed by atoms with Gasteiger partial charge in [0.1, 0.15) is 11.9 Å². The summed E-state index contributed by atoms with van der Waals surface area (Å²) in [5.41, 5.74) is 2.60. The molecule has 0 spiro atoms. The average Bonchev–Trinajstić information content (AvgIpc) is 2.93. The summed E-state index contributed by atoms with van der Waals surface area (Å²) >= 11 is 0. The van der Waals surface area contributed by atoms with Gasteiger partial charge in [0.05, 0.1) is 13.7 Å². The summed E-state index contributed by atoms with van der Waals surface area (Å²) in [7, 11) is 1.58. The van der Waals surface area contributed by atoms with Crippen molar-refractivity contribution in [2.75, 3.05) is 20.2 Å². The molecular formula is C28H30N3O5. The first kappa shape index (κ1) is 26.4. The highest BCUT2D eigenvalue weighted by Crippen LogP contribution is 2.13. The summed E-state index contributed by atoms with van der Waals surface area (Å²) in [5, 5.41) is 13.2. The Balaban J connectivity index is 1.66. The first-order valence-corrected chi connectivity index (χ1v) is 11.6. The maximum absolute atomic E-state index is 13.3. The van der Waals surface area contributed by atoms with Gasteiger partial charge in [-0.2, -0.15) is 0 Å². The molecule has 0 heterocycles. The Kier molecular flexibility index (Phi) is 10.0. The molecule has 0 saturated heterocycles. The van der Waals surface area contributed by atoms with Gasteiger partial charge in [-0.15, -0.1) is 0 Å². The van der Waals surface area contributed by atoms with Crippen molar-refractivity contribution in [3.8, 4) is 5.75 Å². The van der Waals surface area contributed by atoms with Gasteiger partial charge in [0, 0.05) is 19.6 Å². The van der Waals surface area contributed by atoms with Crippen molar-refractivity contribution >= 4 is 18.3 Å². The van der Waals surface area contributed by atoms with E-state index in [4.69, 9.17) is 4.74 Å². The highest BCUT2D eigenvalue weighted by molar-refractivity contribution is 5.86. The maximum Gasteiger partial charge on any atom is 0.327 e. The van der Waals surface area contributed by atoms with E-state index in [0.29, 0.717) is 12.2 Å². The number of amides is 4. The van der Waals surface area contributed by atoms with E-state index in [2.05, 4.69) is 5.32 Å². The van der Waals surface area contributed by atoms with Crippen molar-refractivity contribution in [3.63, 3.8) is 0 Å². The molecule has 0 saturated carbocycles. The van der Waals surface area contributed by atoms with Gasteiger partial charge in [0.15, 0.2) is 0 Å². The van der Waals surface area contributed by atoms with E-state index < -0.39 is 18.0 Å². The number of urea groups is 1. The highest BCUT2D eigenvalue weighted by atomic mass is 16.5. The zero-order chi connectivity index (χ0) is 25.8. The monoisotopic (exact) mass is 488 g/mol. The number of nitrogens with zero attached hydrogens (tertiary/aromatic N) is 2. The molecular weight excluding hydrogens is 458 g/mol. The largest absolute Gasteiger partial charge is 0.497 e. The Hall–Kier alpha value is -4.17. The maximum atomic E-state index is 13.3. The molecule has 0 aliphatic heterocycles. The predicted molar refractivity (Wildman–Crippen MR) is 136 cm³/mol. The number of hydrogen-bond acceptors (Lipinski definition) is 5. The van der Waals surface area contributed by atoms with E-state index in [0.717, 1.165) is 21.6 Å². The van der Waals surface area contributed by atoms with E-state index >= 15 is 0 Å². The Labute approximate surface area is 211 Å². The molecule has 0 unspecified atom stereocenters. The van der Waals surface area contributed by atoms with Crippen LogP contribution in [0, 0.1) is 0 Å². The first-order chi connectivity index (χ1) is 17.5. The van der Waals surface area contributed by atoms with Crippen LogP contribution in [-0.2, 0) is 29.1 Å². The Bertz CT molecular complexity index is 1110. The minimum Gasteiger partial charge on any atom is -0.497 e. The molecule has 1 atom stereocenters. The van der Waals surface area contributed by atoms with Gasteiger partial charge in [-0.05, 0) is 35.2 Å². The number of carbonyl (C=O) groups is 2. The Morgan fingerprint density at radius 3 is 2.11 bits per heavy atom. The minimum absolute atomic E-state index is 0.0935. The number of benzene rings is 3. The van der Waals surface area contributed by atoms with E-state index in [1.54, 1.807) is 25.7 Å². The molecule has 3 aromatic rings. The molecule has 0 aromatic heterocycles. The van der Waals surface area contributed by atoms with Crippen LogP contribution in [0.15, 0.2) is 84.9 Å². The number of carbonyl (C=O) groups excluding carboxylic acids is 3. The molecule has 0 aliphatic carbocycles. The number of imide groups is 1. The lowest BCUT2D eigenvalue weighted by molar-refractivity contribution is -0.130. The normalized spacial score (nSPS) is 11.3. The lowest BCUT2D eigenvalue weighted by atomic mass is 10.1. The van der Waals surface area contributed by atoms with Crippen molar-refractivity contribution in [3.05, 3.63) is 102 Å².